The van der Waals surface area contributed by atoms with Gasteiger partial charge in [0, 0.05) is 50.9 Å². The van der Waals surface area contributed by atoms with Crippen LogP contribution < -0.4 is 10.2 Å². The first-order valence-corrected chi connectivity index (χ1v) is 9.04. The maximum atomic E-state index is 12.3. The number of anilines is 1. The largest absolute Gasteiger partial charge is 0.373 e. The summed E-state index contributed by atoms with van der Waals surface area (Å²) in [6, 6.07) is 17.6. The van der Waals surface area contributed by atoms with E-state index in [1.165, 1.54) is 0 Å². The summed E-state index contributed by atoms with van der Waals surface area (Å²) < 4.78 is 0. The number of hydrogen-bond donors (Lipinski definition) is 1. The van der Waals surface area contributed by atoms with Gasteiger partial charge in [0.05, 0.1) is 0 Å². The second-order valence-electron chi connectivity index (χ2n) is 6.63. The second-order valence-corrected chi connectivity index (χ2v) is 6.63. The Morgan fingerprint density at radius 3 is 2.50 bits per heavy atom. The van der Waals surface area contributed by atoms with E-state index >= 15 is 0 Å². The lowest BCUT2D eigenvalue weighted by atomic mass is 10.1. The van der Waals surface area contributed by atoms with Crippen LogP contribution in [-0.2, 0) is 11.3 Å². The van der Waals surface area contributed by atoms with Gasteiger partial charge in [-0.2, -0.15) is 0 Å². The molecule has 1 aliphatic heterocycles. The maximum Gasteiger partial charge on any atom is 0.251 e. The number of hydrogen-bond acceptors (Lipinski definition) is 3. The predicted molar refractivity (Wildman–Crippen MR) is 103 cm³/mol. The minimum absolute atomic E-state index is 0.0738. The van der Waals surface area contributed by atoms with Crippen LogP contribution in [0.15, 0.2) is 54.6 Å². The number of carbonyl (C=O) groups excluding carboxylic acids is 2. The van der Waals surface area contributed by atoms with E-state index < -0.39 is 0 Å². The van der Waals surface area contributed by atoms with Crippen molar-refractivity contribution in [2.45, 2.75) is 19.4 Å². The van der Waals surface area contributed by atoms with Crippen molar-refractivity contribution >= 4 is 17.5 Å². The summed E-state index contributed by atoms with van der Waals surface area (Å²) in [6.07, 6.45) is 1.59. The van der Waals surface area contributed by atoms with Crippen molar-refractivity contribution in [3.05, 3.63) is 65.7 Å². The van der Waals surface area contributed by atoms with E-state index in [0.717, 1.165) is 30.8 Å². The standard InChI is InChI=1S/C21H25N3O2/c1-23(19-6-3-2-4-7-19)15-13-22-21(26)18-11-9-17(10-12-18)16-24-14-5-8-20(24)25/h2-4,6-7,9-12H,5,8,13-16H2,1H3,(H,22,26). The SMILES string of the molecule is CN(CCNC(=O)c1ccc(CN2CCCC2=O)cc1)c1ccccc1. The normalized spacial score (nSPS) is 13.7. The summed E-state index contributed by atoms with van der Waals surface area (Å²) in [4.78, 5) is 27.9. The van der Waals surface area contributed by atoms with Crippen LogP contribution in [0.3, 0.4) is 0 Å². The second kappa shape index (κ2) is 8.52. The molecule has 0 aromatic heterocycles. The van der Waals surface area contributed by atoms with Gasteiger partial charge in [0.2, 0.25) is 5.91 Å². The molecule has 2 aromatic rings. The Balaban J connectivity index is 1.46. The van der Waals surface area contributed by atoms with Gasteiger partial charge in [-0.25, -0.2) is 0 Å². The molecule has 1 saturated heterocycles. The molecule has 3 rings (SSSR count). The van der Waals surface area contributed by atoms with Gasteiger partial charge in [0.25, 0.3) is 5.91 Å². The molecule has 26 heavy (non-hydrogen) atoms. The molecule has 1 N–H and O–H groups in total. The number of benzene rings is 2. The quantitative estimate of drug-likeness (QED) is 0.834. The molecule has 2 aromatic carbocycles. The number of carbonyl (C=O) groups is 2. The summed E-state index contributed by atoms with van der Waals surface area (Å²) >= 11 is 0. The lowest BCUT2D eigenvalue weighted by Crippen LogP contribution is -2.33. The van der Waals surface area contributed by atoms with E-state index in [-0.39, 0.29) is 11.8 Å². The number of nitrogens with zero attached hydrogens (tertiary/aromatic N) is 2. The molecular formula is C21H25N3O2. The van der Waals surface area contributed by atoms with Gasteiger partial charge < -0.3 is 15.1 Å². The smallest absolute Gasteiger partial charge is 0.251 e. The third-order valence-electron chi connectivity index (χ3n) is 4.69. The monoisotopic (exact) mass is 351 g/mol. The van der Waals surface area contributed by atoms with E-state index in [1.807, 2.05) is 66.5 Å². The lowest BCUT2D eigenvalue weighted by Gasteiger charge is -2.19. The zero-order chi connectivity index (χ0) is 18.4. The topological polar surface area (TPSA) is 52.7 Å². The van der Waals surface area contributed by atoms with Gasteiger partial charge in [-0.15, -0.1) is 0 Å². The summed E-state index contributed by atoms with van der Waals surface area (Å²) in [6.45, 7) is 2.78. The third kappa shape index (κ3) is 4.63. The van der Waals surface area contributed by atoms with Crippen LogP contribution in [0, 0.1) is 0 Å². The highest BCUT2D eigenvalue weighted by atomic mass is 16.2. The molecule has 1 fully saturated rings. The van der Waals surface area contributed by atoms with Crippen molar-refractivity contribution in [3.63, 3.8) is 0 Å². The Bertz CT molecular complexity index is 744. The highest BCUT2D eigenvalue weighted by Crippen LogP contribution is 2.15. The number of nitrogens with one attached hydrogen (secondary N) is 1. The molecule has 0 spiro atoms. The Kier molecular flexibility index (Phi) is 5.89. The first-order chi connectivity index (χ1) is 12.6. The molecule has 0 atom stereocenters. The summed E-state index contributed by atoms with van der Waals surface area (Å²) in [5.74, 6) is 0.143. The fourth-order valence-electron chi connectivity index (χ4n) is 3.10. The molecule has 5 heteroatoms. The molecule has 1 aliphatic rings. The van der Waals surface area contributed by atoms with Crippen LogP contribution in [0.1, 0.15) is 28.8 Å². The van der Waals surface area contributed by atoms with Crippen LogP contribution in [0.2, 0.25) is 0 Å². The van der Waals surface area contributed by atoms with Crippen molar-refractivity contribution in [3.8, 4) is 0 Å². The maximum absolute atomic E-state index is 12.3. The molecule has 5 nitrogen and oxygen atoms in total. The van der Waals surface area contributed by atoms with Gasteiger partial charge in [-0.1, -0.05) is 30.3 Å². The van der Waals surface area contributed by atoms with Crippen molar-refractivity contribution in [1.29, 1.82) is 0 Å². The van der Waals surface area contributed by atoms with E-state index in [9.17, 15) is 9.59 Å². The molecule has 1 heterocycles. The van der Waals surface area contributed by atoms with E-state index in [4.69, 9.17) is 0 Å². The first kappa shape index (κ1) is 18.0. The van der Waals surface area contributed by atoms with Crippen LogP contribution >= 0.6 is 0 Å². The predicted octanol–water partition coefficient (Wildman–Crippen LogP) is 2.68. The number of amides is 2. The van der Waals surface area contributed by atoms with Crippen LogP contribution in [0.4, 0.5) is 5.69 Å². The molecule has 0 bridgehead atoms. The number of likely N-dealkylation sites (tertiary alicyclic amines) is 1. The first-order valence-electron chi connectivity index (χ1n) is 9.04. The van der Waals surface area contributed by atoms with Crippen LogP contribution in [0.5, 0.6) is 0 Å². The Morgan fingerprint density at radius 1 is 1.12 bits per heavy atom. The molecule has 0 unspecified atom stereocenters. The molecule has 0 aliphatic carbocycles. The summed E-state index contributed by atoms with van der Waals surface area (Å²) in [7, 11) is 2.01. The van der Waals surface area contributed by atoms with Crippen molar-refractivity contribution < 1.29 is 9.59 Å². The minimum Gasteiger partial charge on any atom is -0.373 e. The van der Waals surface area contributed by atoms with Gasteiger partial charge in [-0.05, 0) is 36.2 Å². The molecular weight excluding hydrogens is 326 g/mol. The molecule has 136 valence electrons. The minimum atomic E-state index is -0.0738. The number of rotatable bonds is 7. The summed E-state index contributed by atoms with van der Waals surface area (Å²) in [5.41, 5.74) is 2.83. The average Bonchev–Trinajstić information content (AvgIpc) is 3.07. The Morgan fingerprint density at radius 2 is 1.85 bits per heavy atom. The molecule has 2 amide bonds. The average molecular weight is 351 g/mol. The Labute approximate surface area is 154 Å². The van der Waals surface area contributed by atoms with Crippen LogP contribution in [-0.4, -0.2) is 43.4 Å². The number of para-hydroxylation sites is 1. The van der Waals surface area contributed by atoms with Gasteiger partial charge in [-0.3, -0.25) is 9.59 Å². The van der Waals surface area contributed by atoms with Crippen LogP contribution in [0.25, 0.3) is 0 Å². The zero-order valence-electron chi connectivity index (χ0n) is 15.1. The van der Waals surface area contributed by atoms with Gasteiger partial charge in [0.15, 0.2) is 0 Å². The Hall–Kier alpha value is -2.82. The van der Waals surface area contributed by atoms with Gasteiger partial charge in [0.1, 0.15) is 0 Å². The third-order valence-corrected chi connectivity index (χ3v) is 4.69. The van der Waals surface area contributed by atoms with Gasteiger partial charge >= 0.3 is 0 Å². The van der Waals surface area contributed by atoms with E-state index in [2.05, 4.69) is 10.2 Å². The number of likely N-dealkylation sites (N-methyl/N-ethyl adjacent to an activating group) is 1. The zero-order valence-corrected chi connectivity index (χ0v) is 15.1. The van der Waals surface area contributed by atoms with Crippen molar-refractivity contribution in [2.75, 3.05) is 31.6 Å². The fraction of sp³-hybridized carbons (Fsp3) is 0.333. The van der Waals surface area contributed by atoms with E-state index in [0.29, 0.717) is 25.1 Å². The molecule has 0 radical (unpaired) electrons. The van der Waals surface area contributed by atoms with Crippen molar-refractivity contribution in [2.24, 2.45) is 0 Å². The fourth-order valence-corrected chi connectivity index (χ4v) is 3.10. The summed E-state index contributed by atoms with van der Waals surface area (Å²) in [5, 5.41) is 2.95. The van der Waals surface area contributed by atoms with E-state index in [1.54, 1.807) is 0 Å². The van der Waals surface area contributed by atoms with Crippen molar-refractivity contribution in [1.82, 2.24) is 10.2 Å². The highest BCUT2D eigenvalue weighted by Gasteiger charge is 2.19. The highest BCUT2D eigenvalue weighted by molar-refractivity contribution is 5.94. The molecule has 0 saturated carbocycles. The lowest BCUT2D eigenvalue weighted by molar-refractivity contribution is -0.128.